The number of hydrogen-bond donors (Lipinski definition) is 1. The van der Waals surface area contributed by atoms with Gasteiger partial charge in [-0.25, -0.2) is 13.2 Å². The van der Waals surface area contributed by atoms with Crippen molar-refractivity contribution in [2.75, 3.05) is 19.7 Å². The van der Waals surface area contributed by atoms with E-state index in [0.717, 1.165) is 0 Å². The molecular weight excluding hydrogens is 207 g/mol. The van der Waals surface area contributed by atoms with E-state index in [1.165, 1.54) is 0 Å². The maximum Gasteiger partial charge on any atom is 0.255 e. The third-order valence-electron chi connectivity index (χ3n) is 4.36. The van der Waals surface area contributed by atoms with Crippen LogP contribution in [-0.2, 0) is 0 Å². The third-order valence-corrected chi connectivity index (χ3v) is 4.36. The fourth-order valence-electron chi connectivity index (χ4n) is 3.47. The zero-order valence-corrected chi connectivity index (χ0v) is 8.35. The van der Waals surface area contributed by atoms with Crippen LogP contribution in [0.2, 0.25) is 0 Å². The fraction of sp³-hybridized carbons (Fsp3) is 1.00. The van der Waals surface area contributed by atoms with E-state index >= 15 is 0 Å². The molecule has 0 radical (unpaired) electrons. The lowest BCUT2D eigenvalue weighted by Crippen LogP contribution is -2.41. The normalized spacial score (nSPS) is 52.4. The van der Waals surface area contributed by atoms with E-state index in [1.54, 1.807) is 4.90 Å². The van der Waals surface area contributed by atoms with E-state index in [1.807, 2.05) is 0 Å². The molecule has 2 saturated heterocycles. The van der Waals surface area contributed by atoms with Crippen LogP contribution in [0, 0.1) is 5.41 Å². The number of hydrogen-bond acceptors (Lipinski definition) is 2. The fourth-order valence-corrected chi connectivity index (χ4v) is 3.47. The summed E-state index contributed by atoms with van der Waals surface area (Å²) < 4.78 is 39.6. The van der Waals surface area contributed by atoms with Crippen LogP contribution in [0.5, 0.6) is 0 Å². The van der Waals surface area contributed by atoms with Gasteiger partial charge in [0, 0.05) is 31.5 Å². The molecule has 15 heavy (non-hydrogen) atoms. The van der Waals surface area contributed by atoms with E-state index in [4.69, 9.17) is 0 Å². The van der Waals surface area contributed by atoms with Crippen LogP contribution in [0.1, 0.15) is 19.3 Å². The first-order chi connectivity index (χ1) is 6.93. The molecule has 0 amide bonds. The average molecular weight is 221 g/mol. The van der Waals surface area contributed by atoms with Crippen LogP contribution >= 0.6 is 0 Å². The number of aliphatic hydroxyl groups is 1. The topological polar surface area (TPSA) is 23.5 Å². The highest BCUT2D eigenvalue weighted by molar-refractivity contribution is 5.22. The van der Waals surface area contributed by atoms with Gasteiger partial charge in [-0.3, -0.25) is 4.90 Å². The van der Waals surface area contributed by atoms with Crippen molar-refractivity contribution in [1.82, 2.24) is 4.90 Å². The highest BCUT2D eigenvalue weighted by atomic mass is 19.3. The summed E-state index contributed by atoms with van der Waals surface area (Å²) in [4.78, 5) is 1.73. The molecule has 0 aromatic rings. The second-order valence-corrected chi connectivity index (χ2v) is 5.40. The van der Waals surface area contributed by atoms with Gasteiger partial charge in [0.25, 0.3) is 5.92 Å². The lowest BCUT2D eigenvalue weighted by Gasteiger charge is -2.28. The van der Waals surface area contributed by atoms with Gasteiger partial charge in [-0.05, 0) is 6.42 Å². The third kappa shape index (κ3) is 1.08. The van der Waals surface area contributed by atoms with Crippen molar-refractivity contribution in [2.45, 2.75) is 36.9 Å². The Labute approximate surface area is 86.1 Å². The van der Waals surface area contributed by atoms with Crippen LogP contribution in [0.4, 0.5) is 13.2 Å². The van der Waals surface area contributed by atoms with Crippen LogP contribution in [0.25, 0.3) is 0 Å². The smallest absolute Gasteiger partial charge is 0.255 e. The van der Waals surface area contributed by atoms with Crippen LogP contribution < -0.4 is 0 Å². The zero-order valence-electron chi connectivity index (χ0n) is 8.35. The Morgan fingerprint density at radius 2 is 2.00 bits per heavy atom. The quantitative estimate of drug-likeness (QED) is 0.719. The van der Waals surface area contributed by atoms with E-state index < -0.39 is 23.0 Å². The predicted molar refractivity (Wildman–Crippen MR) is 47.5 cm³/mol. The van der Waals surface area contributed by atoms with Crippen molar-refractivity contribution in [3.63, 3.8) is 0 Å². The minimum atomic E-state index is -2.59. The molecule has 2 nitrogen and oxygen atoms in total. The molecule has 2 heterocycles. The molecule has 3 fully saturated rings. The second-order valence-electron chi connectivity index (χ2n) is 5.40. The molecule has 3 atom stereocenters. The number of nitrogens with zero attached hydrogens (tertiary/aromatic N) is 1. The van der Waals surface area contributed by atoms with E-state index in [2.05, 4.69) is 0 Å². The van der Waals surface area contributed by atoms with Crippen molar-refractivity contribution in [3.05, 3.63) is 0 Å². The lowest BCUT2D eigenvalue weighted by atomic mass is 9.88. The first kappa shape index (κ1) is 9.90. The summed E-state index contributed by atoms with van der Waals surface area (Å²) >= 11 is 0. The molecule has 0 bridgehead atoms. The van der Waals surface area contributed by atoms with Crippen LogP contribution in [0.3, 0.4) is 0 Å². The summed E-state index contributed by atoms with van der Waals surface area (Å²) in [6, 6.07) is 0. The lowest BCUT2D eigenvalue weighted by molar-refractivity contribution is 0.0630. The van der Waals surface area contributed by atoms with Gasteiger partial charge in [-0.2, -0.15) is 0 Å². The molecule has 3 aliphatic rings. The maximum absolute atomic E-state index is 13.2. The van der Waals surface area contributed by atoms with E-state index in [0.29, 0.717) is 0 Å². The Balaban J connectivity index is 1.86. The molecule has 5 heteroatoms. The monoisotopic (exact) mass is 221 g/mol. The molecule has 0 aromatic carbocycles. The van der Waals surface area contributed by atoms with Crippen molar-refractivity contribution >= 4 is 0 Å². The molecule has 1 saturated carbocycles. The Bertz CT molecular complexity index is 311. The van der Waals surface area contributed by atoms with Gasteiger partial charge in [0.05, 0.1) is 12.0 Å². The Hall–Kier alpha value is -0.290. The SMILES string of the molecule is OCC12C[C@@H](F)CN1CC1(C2)CC1(F)F. The molecule has 3 rings (SSSR count). The molecule has 1 N–H and O–H groups in total. The first-order valence-electron chi connectivity index (χ1n) is 5.31. The van der Waals surface area contributed by atoms with Gasteiger partial charge >= 0.3 is 0 Å². The maximum atomic E-state index is 13.2. The Morgan fingerprint density at radius 3 is 2.47 bits per heavy atom. The van der Waals surface area contributed by atoms with Gasteiger partial charge in [-0.15, -0.1) is 0 Å². The Kier molecular flexibility index (Phi) is 1.66. The molecule has 0 aromatic heterocycles. The van der Waals surface area contributed by atoms with E-state index in [9.17, 15) is 18.3 Å². The van der Waals surface area contributed by atoms with Crippen molar-refractivity contribution < 1.29 is 18.3 Å². The number of rotatable bonds is 1. The summed E-state index contributed by atoms with van der Waals surface area (Å²) in [5.74, 6) is -2.59. The highest BCUT2D eigenvalue weighted by Gasteiger charge is 2.77. The van der Waals surface area contributed by atoms with Crippen molar-refractivity contribution in [3.8, 4) is 0 Å². The first-order valence-corrected chi connectivity index (χ1v) is 5.31. The Morgan fingerprint density at radius 1 is 1.33 bits per heavy atom. The second kappa shape index (κ2) is 2.51. The highest BCUT2D eigenvalue weighted by Crippen LogP contribution is 2.69. The van der Waals surface area contributed by atoms with Gasteiger partial charge < -0.3 is 5.11 Å². The summed E-state index contributed by atoms with van der Waals surface area (Å²) in [7, 11) is 0. The average Bonchev–Trinajstić information content (AvgIpc) is 2.38. The van der Waals surface area contributed by atoms with Crippen LogP contribution in [-0.4, -0.2) is 47.3 Å². The van der Waals surface area contributed by atoms with Gasteiger partial charge in [0.2, 0.25) is 0 Å². The van der Waals surface area contributed by atoms with Crippen LogP contribution in [0.15, 0.2) is 0 Å². The van der Waals surface area contributed by atoms with Gasteiger partial charge in [0.15, 0.2) is 0 Å². The molecular formula is C10H14F3NO. The standard InChI is InChI=1S/C10H14F3NO/c11-7-1-9(6-15)3-8(4-10(8,12)13)5-14(9)2-7/h7,15H,1-6H2/t7-,8?,9?/m1/s1. The van der Waals surface area contributed by atoms with Crippen molar-refractivity contribution in [2.24, 2.45) is 5.41 Å². The van der Waals surface area contributed by atoms with Crippen molar-refractivity contribution in [1.29, 1.82) is 0 Å². The number of alkyl halides is 3. The molecule has 86 valence electrons. The summed E-state index contributed by atoms with van der Waals surface area (Å²) in [6.45, 7) is 0.255. The largest absolute Gasteiger partial charge is 0.394 e. The van der Waals surface area contributed by atoms with E-state index in [-0.39, 0.29) is 39.0 Å². The number of aliphatic hydroxyl groups excluding tert-OH is 1. The molecule has 1 spiro atoms. The molecule has 1 aliphatic carbocycles. The summed E-state index contributed by atoms with van der Waals surface area (Å²) in [5.41, 5.74) is -1.64. The van der Waals surface area contributed by atoms with Gasteiger partial charge in [-0.1, -0.05) is 0 Å². The van der Waals surface area contributed by atoms with Gasteiger partial charge in [0.1, 0.15) is 6.17 Å². The summed E-state index contributed by atoms with van der Waals surface area (Å²) in [6.07, 6.45) is -0.595. The minimum absolute atomic E-state index is 0.0881. The zero-order chi connectivity index (χ0) is 10.9. The summed E-state index contributed by atoms with van der Waals surface area (Å²) in [5, 5.41) is 9.32. The molecule has 2 unspecified atom stereocenters. The molecule has 2 aliphatic heterocycles. The minimum Gasteiger partial charge on any atom is -0.394 e. The predicted octanol–water partition coefficient (Wildman–Crippen LogP) is 1.19. The number of halogens is 3. The number of fused-ring (bicyclic) bond motifs is 1.